The third-order valence-electron chi connectivity index (χ3n) is 4.53. The minimum absolute atomic E-state index is 0.389. The lowest BCUT2D eigenvalue weighted by Gasteiger charge is -2.06. The maximum Gasteiger partial charge on any atom is 0.330 e. The zero-order chi connectivity index (χ0) is 21.9. The fourth-order valence-electron chi connectivity index (χ4n) is 2.90. The summed E-state index contributed by atoms with van der Waals surface area (Å²) in [5.74, 6) is -0.153. The fraction of sp³-hybridized carbons (Fsp3) is 0.192. The molecule has 30 heavy (non-hydrogen) atoms. The second kappa shape index (κ2) is 11.6. The van der Waals surface area contributed by atoms with Gasteiger partial charge in [0.05, 0.1) is 0 Å². The highest BCUT2D eigenvalue weighted by atomic mass is 16.6. The van der Waals surface area contributed by atoms with E-state index in [0.29, 0.717) is 11.3 Å². The van der Waals surface area contributed by atoms with E-state index in [9.17, 15) is 4.79 Å². The maximum atomic E-state index is 9.86. The molecule has 156 valence electrons. The number of aliphatic carboxylic acids is 1. The molecule has 1 aliphatic carbocycles. The van der Waals surface area contributed by atoms with Gasteiger partial charge in [-0.3, -0.25) is 0 Å². The van der Waals surface area contributed by atoms with Gasteiger partial charge in [-0.2, -0.15) is 0 Å². The zero-order valence-electron chi connectivity index (χ0n) is 17.6. The summed E-state index contributed by atoms with van der Waals surface area (Å²) in [6, 6.07) is 26.5. The number of aliphatic hydroxyl groups is 1. The predicted molar refractivity (Wildman–Crippen MR) is 121 cm³/mol. The molecule has 0 bridgehead atoms. The number of hydrogen-bond donors (Lipinski definition) is 2. The summed E-state index contributed by atoms with van der Waals surface area (Å²) < 4.78 is 4.97. The van der Waals surface area contributed by atoms with Crippen molar-refractivity contribution in [2.24, 2.45) is 0 Å². The normalized spacial score (nSPS) is 12.2. The molecule has 0 aromatic heterocycles. The van der Waals surface area contributed by atoms with Crippen molar-refractivity contribution >= 4 is 5.97 Å². The van der Waals surface area contributed by atoms with Gasteiger partial charge in [-0.25, -0.2) is 4.79 Å². The molecule has 4 rings (SSSR count). The third-order valence-corrected chi connectivity index (χ3v) is 4.53. The van der Waals surface area contributed by atoms with Gasteiger partial charge in [0.15, 0.2) is 6.29 Å². The number of fused-ring (bicyclic) bond motifs is 3. The van der Waals surface area contributed by atoms with Crippen LogP contribution in [0.2, 0.25) is 0 Å². The smallest absolute Gasteiger partial charge is 0.330 e. The SMILES string of the molecule is CC(O)Oc1ccccc1.CC=C(C)C(=O)O.c1ccc2c(c1)Cc1ccccc1-2. The van der Waals surface area contributed by atoms with Crippen LogP contribution in [-0.2, 0) is 11.2 Å². The number of rotatable bonds is 3. The van der Waals surface area contributed by atoms with E-state index in [-0.39, 0.29) is 0 Å². The maximum absolute atomic E-state index is 9.86. The topological polar surface area (TPSA) is 66.8 Å². The van der Waals surface area contributed by atoms with Gasteiger partial charge in [-0.15, -0.1) is 0 Å². The lowest BCUT2D eigenvalue weighted by atomic mass is 10.1. The summed E-state index contributed by atoms with van der Waals surface area (Å²) in [5, 5.41) is 16.9. The van der Waals surface area contributed by atoms with Crippen molar-refractivity contribution in [2.45, 2.75) is 33.5 Å². The highest BCUT2D eigenvalue weighted by Gasteiger charge is 2.15. The molecular weight excluding hydrogens is 376 g/mol. The number of carboxylic acids is 1. The molecular formula is C26H28O4. The summed E-state index contributed by atoms with van der Waals surface area (Å²) in [7, 11) is 0. The van der Waals surface area contributed by atoms with Crippen molar-refractivity contribution in [1.29, 1.82) is 0 Å². The first-order valence-electron chi connectivity index (χ1n) is 9.84. The van der Waals surface area contributed by atoms with Crippen molar-refractivity contribution in [3.8, 4) is 16.9 Å². The molecule has 0 heterocycles. The Morgan fingerprint density at radius 2 is 1.37 bits per heavy atom. The Labute approximate surface area is 178 Å². The van der Waals surface area contributed by atoms with Gasteiger partial charge in [0.1, 0.15) is 5.75 Å². The Bertz CT molecular complexity index is 932. The molecule has 0 amide bonds. The Hall–Kier alpha value is -3.37. The van der Waals surface area contributed by atoms with Crippen LogP contribution in [0.15, 0.2) is 90.5 Å². The average Bonchev–Trinajstić information content (AvgIpc) is 3.13. The Morgan fingerprint density at radius 3 is 1.77 bits per heavy atom. The van der Waals surface area contributed by atoms with E-state index in [4.69, 9.17) is 14.9 Å². The van der Waals surface area contributed by atoms with Gasteiger partial charge in [0, 0.05) is 5.57 Å². The van der Waals surface area contributed by atoms with Crippen LogP contribution in [-0.4, -0.2) is 22.5 Å². The molecule has 3 aromatic carbocycles. The third kappa shape index (κ3) is 6.90. The van der Waals surface area contributed by atoms with Crippen molar-refractivity contribution in [3.05, 3.63) is 102 Å². The number of hydrogen-bond acceptors (Lipinski definition) is 3. The molecule has 0 aliphatic heterocycles. The fourth-order valence-corrected chi connectivity index (χ4v) is 2.90. The van der Waals surface area contributed by atoms with Crippen LogP contribution >= 0.6 is 0 Å². The van der Waals surface area contributed by atoms with Crippen LogP contribution in [0.4, 0.5) is 0 Å². The number of ether oxygens (including phenoxy) is 1. The van der Waals surface area contributed by atoms with Crippen molar-refractivity contribution < 1.29 is 19.7 Å². The van der Waals surface area contributed by atoms with Crippen LogP contribution in [0, 0.1) is 0 Å². The minimum atomic E-state index is -0.845. The second-order valence-corrected chi connectivity index (χ2v) is 6.80. The van der Waals surface area contributed by atoms with Crippen molar-refractivity contribution in [3.63, 3.8) is 0 Å². The molecule has 0 radical (unpaired) electrons. The lowest BCUT2D eigenvalue weighted by molar-refractivity contribution is -0.132. The van der Waals surface area contributed by atoms with E-state index < -0.39 is 12.3 Å². The highest BCUT2D eigenvalue weighted by molar-refractivity contribution is 5.85. The first kappa shape index (κ1) is 22.9. The zero-order valence-corrected chi connectivity index (χ0v) is 17.6. The minimum Gasteiger partial charge on any atom is -0.478 e. The quantitative estimate of drug-likeness (QED) is 0.340. The molecule has 2 N–H and O–H groups in total. The van der Waals surface area contributed by atoms with E-state index in [1.165, 1.54) is 22.3 Å². The molecule has 4 heteroatoms. The monoisotopic (exact) mass is 404 g/mol. The first-order valence-corrected chi connectivity index (χ1v) is 9.84. The van der Waals surface area contributed by atoms with Gasteiger partial charge < -0.3 is 14.9 Å². The molecule has 0 fully saturated rings. The number of para-hydroxylation sites is 1. The van der Waals surface area contributed by atoms with Crippen LogP contribution in [0.5, 0.6) is 5.75 Å². The predicted octanol–water partition coefficient (Wildman–Crippen LogP) is 5.70. The summed E-state index contributed by atoms with van der Waals surface area (Å²) in [5.41, 5.74) is 6.14. The van der Waals surface area contributed by atoms with Crippen LogP contribution < -0.4 is 4.74 Å². The molecule has 1 aliphatic rings. The van der Waals surface area contributed by atoms with Gasteiger partial charge >= 0.3 is 5.97 Å². The van der Waals surface area contributed by atoms with Crippen molar-refractivity contribution in [1.82, 2.24) is 0 Å². The van der Waals surface area contributed by atoms with E-state index in [1.807, 2.05) is 18.2 Å². The summed E-state index contributed by atoms with van der Waals surface area (Å²) in [6.07, 6.45) is 1.93. The van der Waals surface area contributed by atoms with Gasteiger partial charge in [-0.05, 0) is 61.6 Å². The molecule has 0 saturated carbocycles. The van der Waals surface area contributed by atoms with E-state index in [0.717, 1.165) is 6.42 Å². The van der Waals surface area contributed by atoms with Gasteiger partial charge in [0.2, 0.25) is 0 Å². The summed E-state index contributed by atoms with van der Waals surface area (Å²) in [4.78, 5) is 9.86. The second-order valence-electron chi connectivity index (χ2n) is 6.80. The Balaban J connectivity index is 0.000000170. The van der Waals surface area contributed by atoms with Crippen molar-refractivity contribution in [2.75, 3.05) is 0 Å². The Kier molecular flexibility index (Phi) is 8.85. The van der Waals surface area contributed by atoms with E-state index in [2.05, 4.69) is 48.5 Å². The molecule has 1 atom stereocenters. The van der Waals surface area contributed by atoms with Crippen LogP contribution in [0.1, 0.15) is 31.9 Å². The number of aliphatic hydroxyl groups excluding tert-OH is 1. The largest absolute Gasteiger partial charge is 0.478 e. The first-order chi connectivity index (χ1) is 14.4. The highest BCUT2D eigenvalue weighted by Crippen LogP contribution is 2.35. The number of carbonyl (C=O) groups is 1. The van der Waals surface area contributed by atoms with Gasteiger partial charge in [0.25, 0.3) is 0 Å². The van der Waals surface area contributed by atoms with E-state index >= 15 is 0 Å². The molecule has 0 saturated heterocycles. The standard InChI is InChI=1S/C13H10.C8H10O2.C5H8O2/c1-3-7-12-10(5-1)9-11-6-2-4-8-13(11)12;1-7(9)10-8-5-3-2-4-6-8;1-3-4(2)5(6)7/h1-8H,9H2;2-7,9H,1H3;3H,1-2H3,(H,6,7). The Morgan fingerprint density at radius 1 is 0.900 bits per heavy atom. The van der Waals surface area contributed by atoms with E-state index in [1.54, 1.807) is 39.0 Å². The van der Waals surface area contributed by atoms with Crippen LogP contribution in [0.3, 0.4) is 0 Å². The molecule has 4 nitrogen and oxygen atoms in total. The molecule has 0 spiro atoms. The van der Waals surface area contributed by atoms with Gasteiger partial charge in [-0.1, -0.05) is 72.8 Å². The lowest BCUT2D eigenvalue weighted by Crippen LogP contribution is -2.08. The van der Waals surface area contributed by atoms with Crippen LogP contribution in [0.25, 0.3) is 11.1 Å². The summed E-state index contributed by atoms with van der Waals surface area (Å²) in [6.45, 7) is 4.83. The molecule has 3 aromatic rings. The number of benzene rings is 3. The average molecular weight is 405 g/mol. The summed E-state index contributed by atoms with van der Waals surface area (Å²) >= 11 is 0. The number of allylic oxidation sites excluding steroid dienone is 1. The number of carboxylic acid groups (broad SMARTS) is 1. The molecule has 1 unspecified atom stereocenters.